The molecule has 4 aromatic rings. The molecule has 0 bridgehead atoms. The Morgan fingerprint density at radius 1 is 0.714 bits per heavy atom. The molecule has 0 radical (unpaired) electrons. The third-order valence-electron chi connectivity index (χ3n) is 6.28. The number of hydrogen-bond acceptors (Lipinski definition) is 6. The lowest BCUT2D eigenvalue weighted by Gasteiger charge is -2.36. The average Bonchev–Trinajstić information content (AvgIpc) is 2.88. The minimum absolute atomic E-state index is 0.0880. The molecule has 8 nitrogen and oxygen atoms in total. The van der Waals surface area contributed by atoms with Crippen molar-refractivity contribution in [3.05, 3.63) is 98.0 Å². The smallest absolute Gasteiger partial charge is 0.277 e. The maximum atomic E-state index is 11.2. The van der Waals surface area contributed by atoms with Gasteiger partial charge in [-0.2, -0.15) is 0 Å². The Kier molecular flexibility index (Phi) is 7.43. The second-order valence-electron chi connectivity index (χ2n) is 8.20. The Labute approximate surface area is 207 Å². The van der Waals surface area contributed by atoms with Gasteiger partial charge in [-0.25, -0.2) is 0 Å². The average molecular weight is 493 g/mol. The van der Waals surface area contributed by atoms with Crippen LogP contribution in [0.15, 0.2) is 72.8 Å². The molecule has 35 heavy (non-hydrogen) atoms. The van der Waals surface area contributed by atoms with Gasteiger partial charge in [0.2, 0.25) is 0 Å². The predicted molar refractivity (Wildman–Crippen MR) is 141 cm³/mol. The summed E-state index contributed by atoms with van der Waals surface area (Å²) in [6, 6.07) is 21.1. The van der Waals surface area contributed by atoms with Crippen molar-refractivity contribution in [3.63, 3.8) is 0 Å². The number of rotatable bonds is 4. The maximum absolute atomic E-state index is 11.2. The van der Waals surface area contributed by atoms with Gasteiger partial charge in [0.25, 0.3) is 11.4 Å². The number of hydrogen-bond donors (Lipinski definition) is 0. The van der Waals surface area contributed by atoms with E-state index in [1.807, 2.05) is 30.3 Å². The van der Waals surface area contributed by atoms with E-state index in [1.165, 1.54) is 6.07 Å². The minimum Gasteiger partial charge on any atom is -0.368 e. The van der Waals surface area contributed by atoms with Crippen molar-refractivity contribution >= 4 is 50.2 Å². The van der Waals surface area contributed by atoms with Crippen LogP contribution in [0.4, 0.5) is 17.1 Å². The van der Waals surface area contributed by atoms with E-state index in [9.17, 15) is 20.2 Å². The molecule has 0 aliphatic carbocycles. The Morgan fingerprint density at radius 2 is 1.20 bits per heavy atom. The molecule has 0 atom stereocenters. The van der Waals surface area contributed by atoms with Gasteiger partial charge in [0.15, 0.2) is 0 Å². The fraction of sp³-hybridized carbons (Fsp3) is 0.231. The number of piperazine rings is 1. The monoisotopic (exact) mass is 492 g/mol. The minimum atomic E-state index is -0.404. The van der Waals surface area contributed by atoms with Gasteiger partial charge in [-0.15, -0.1) is 0 Å². The molecule has 4 aromatic carbocycles. The van der Waals surface area contributed by atoms with Crippen LogP contribution in [-0.4, -0.2) is 47.5 Å². The van der Waals surface area contributed by atoms with Crippen molar-refractivity contribution in [2.24, 2.45) is 0 Å². The fourth-order valence-electron chi connectivity index (χ4n) is 4.41. The number of nitro groups is 2. The quantitative estimate of drug-likeness (QED) is 0.245. The highest BCUT2D eigenvalue weighted by atomic mass is 35.5. The summed E-state index contributed by atoms with van der Waals surface area (Å²) in [5.41, 5.74) is 1.37. The standard InChI is InChI=1S/C16H19N3O2.C10H6ClNO2/c1-2-17-9-11-18(12-10-17)15-7-8-16(19(20)21)14-6-4-3-5-13(14)15;11-9-5-6-10(12(13)14)8-4-2-1-3-7(8)9/h3-8H,2,9-12H2,1H3;1-6H. The molecule has 1 fully saturated rings. The molecule has 0 aromatic heterocycles. The van der Waals surface area contributed by atoms with Crippen LogP contribution in [0.25, 0.3) is 21.5 Å². The van der Waals surface area contributed by atoms with Gasteiger partial charge in [-0.05, 0) is 30.8 Å². The SMILES string of the molecule is CCN1CCN(c2ccc([N+](=O)[O-])c3ccccc23)CC1.O=[N+]([O-])c1ccc(Cl)c2ccccc12. The fourth-order valence-corrected chi connectivity index (χ4v) is 4.64. The molecule has 0 N–H and O–H groups in total. The van der Waals surface area contributed by atoms with E-state index in [-0.39, 0.29) is 16.3 Å². The Balaban J connectivity index is 0.000000179. The molecule has 9 heteroatoms. The third-order valence-corrected chi connectivity index (χ3v) is 6.61. The lowest BCUT2D eigenvalue weighted by Crippen LogP contribution is -2.46. The normalized spacial score (nSPS) is 13.9. The van der Waals surface area contributed by atoms with Gasteiger partial charge in [0, 0.05) is 59.8 Å². The number of halogens is 1. The van der Waals surface area contributed by atoms with Crippen LogP contribution in [-0.2, 0) is 0 Å². The Morgan fingerprint density at radius 3 is 1.74 bits per heavy atom. The van der Waals surface area contributed by atoms with E-state index in [0.29, 0.717) is 15.8 Å². The van der Waals surface area contributed by atoms with Crippen molar-refractivity contribution < 1.29 is 9.85 Å². The van der Waals surface area contributed by atoms with Gasteiger partial charge < -0.3 is 9.80 Å². The van der Waals surface area contributed by atoms with Gasteiger partial charge in [-0.1, -0.05) is 54.9 Å². The third kappa shape index (κ3) is 5.18. The van der Waals surface area contributed by atoms with Crippen molar-refractivity contribution in [2.45, 2.75) is 6.92 Å². The molecule has 0 amide bonds. The van der Waals surface area contributed by atoms with Crippen LogP contribution in [0, 0.1) is 20.2 Å². The van der Waals surface area contributed by atoms with Crippen LogP contribution in [0.1, 0.15) is 6.92 Å². The number of fused-ring (bicyclic) bond motifs is 2. The summed E-state index contributed by atoms with van der Waals surface area (Å²) in [5.74, 6) is 0. The zero-order valence-corrected chi connectivity index (χ0v) is 20.0. The van der Waals surface area contributed by atoms with Crippen molar-refractivity contribution in [3.8, 4) is 0 Å². The summed E-state index contributed by atoms with van der Waals surface area (Å²) in [7, 11) is 0. The lowest BCUT2D eigenvalue weighted by molar-refractivity contribution is -0.383. The zero-order chi connectivity index (χ0) is 24.9. The van der Waals surface area contributed by atoms with E-state index < -0.39 is 4.92 Å². The first-order valence-electron chi connectivity index (χ1n) is 11.4. The molecule has 1 aliphatic heterocycles. The van der Waals surface area contributed by atoms with E-state index in [2.05, 4.69) is 16.7 Å². The maximum Gasteiger partial charge on any atom is 0.277 e. The van der Waals surface area contributed by atoms with Crippen LogP contribution >= 0.6 is 11.6 Å². The first-order chi connectivity index (χ1) is 16.9. The second kappa shape index (κ2) is 10.7. The van der Waals surface area contributed by atoms with E-state index in [0.717, 1.165) is 49.2 Å². The first kappa shape index (κ1) is 24.4. The summed E-state index contributed by atoms with van der Waals surface area (Å²) in [5, 5.41) is 25.4. The number of nitrogens with zero attached hydrogens (tertiary/aromatic N) is 4. The number of non-ortho nitro benzene ring substituents is 2. The molecule has 0 saturated carbocycles. The number of nitro benzene ring substituents is 2. The molecule has 1 heterocycles. The largest absolute Gasteiger partial charge is 0.368 e. The summed E-state index contributed by atoms with van der Waals surface area (Å²) < 4.78 is 0. The molecule has 5 rings (SSSR count). The Hall–Kier alpha value is -3.75. The topological polar surface area (TPSA) is 92.8 Å². The molecular formula is C26H25ClN4O4. The lowest BCUT2D eigenvalue weighted by atomic mass is 10.1. The summed E-state index contributed by atoms with van der Waals surface area (Å²) >= 11 is 5.91. The van der Waals surface area contributed by atoms with Crippen LogP contribution < -0.4 is 4.90 Å². The highest BCUT2D eigenvalue weighted by Gasteiger charge is 2.20. The molecule has 180 valence electrons. The first-order valence-corrected chi connectivity index (χ1v) is 11.7. The summed E-state index contributed by atoms with van der Waals surface area (Å²) in [6.07, 6.45) is 0. The van der Waals surface area contributed by atoms with E-state index in [4.69, 9.17) is 11.6 Å². The van der Waals surface area contributed by atoms with Crippen LogP contribution in [0.5, 0.6) is 0 Å². The predicted octanol–water partition coefficient (Wildman–Crippen LogP) is 6.29. The van der Waals surface area contributed by atoms with Crippen molar-refractivity contribution in [1.29, 1.82) is 0 Å². The highest BCUT2D eigenvalue weighted by molar-refractivity contribution is 6.35. The second-order valence-corrected chi connectivity index (χ2v) is 8.60. The highest BCUT2D eigenvalue weighted by Crippen LogP contribution is 2.34. The molecule has 0 unspecified atom stereocenters. The van der Waals surface area contributed by atoms with Gasteiger partial charge in [0.1, 0.15) is 0 Å². The number of anilines is 1. The molecule has 1 saturated heterocycles. The number of benzene rings is 4. The van der Waals surface area contributed by atoms with Gasteiger partial charge in [-0.3, -0.25) is 20.2 Å². The van der Waals surface area contributed by atoms with E-state index >= 15 is 0 Å². The molecule has 0 spiro atoms. The Bertz CT molecular complexity index is 1390. The van der Waals surface area contributed by atoms with Crippen molar-refractivity contribution in [2.75, 3.05) is 37.6 Å². The number of likely N-dealkylation sites (N-methyl/N-ethyl adjacent to an activating group) is 1. The van der Waals surface area contributed by atoms with Crippen molar-refractivity contribution in [1.82, 2.24) is 4.90 Å². The molecule has 1 aliphatic rings. The van der Waals surface area contributed by atoms with Crippen LogP contribution in [0.2, 0.25) is 5.02 Å². The van der Waals surface area contributed by atoms with Crippen LogP contribution in [0.3, 0.4) is 0 Å². The molecular weight excluding hydrogens is 468 g/mol. The zero-order valence-electron chi connectivity index (χ0n) is 19.3. The van der Waals surface area contributed by atoms with Gasteiger partial charge in [0.05, 0.1) is 20.6 Å². The summed E-state index contributed by atoms with van der Waals surface area (Å²) in [4.78, 5) is 25.9. The van der Waals surface area contributed by atoms with Gasteiger partial charge >= 0.3 is 0 Å². The summed E-state index contributed by atoms with van der Waals surface area (Å²) in [6.45, 7) is 7.28. The van der Waals surface area contributed by atoms with E-state index in [1.54, 1.807) is 36.4 Å².